The lowest BCUT2D eigenvalue weighted by molar-refractivity contribution is -0.384. The van der Waals surface area contributed by atoms with Gasteiger partial charge in [0.15, 0.2) is 5.17 Å². The molecule has 2 amide bonds. The molecule has 0 radical (unpaired) electrons. The van der Waals surface area contributed by atoms with Crippen LogP contribution in [0.3, 0.4) is 0 Å². The molecular formula is C20H18N4O5S. The number of thioether (sulfide) groups is 1. The van der Waals surface area contributed by atoms with Crippen molar-refractivity contribution < 1.29 is 18.9 Å². The van der Waals surface area contributed by atoms with E-state index in [4.69, 9.17) is 4.42 Å². The van der Waals surface area contributed by atoms with Gasteiger partial charge in [-0.25, -0.2) is 0 Å². The van der Waals surface area contributed by atoms with Gasteiger partial charge < -0.3 is 14.2 Å². The lowest BCUT2D eigenvalue weighted by Gasteiger charge is -2.34. The van der Waals surface area contributed by atoms with Crippen LogP contribution in [0.2, 0.25) is 0 Å². The number of benzene rings is 1. The van der Waals surface area contributed by atoms with Crippen LogP contribution in [0.1, 0.15) is 12.7 Å². The number of hydrogen-bond acceptors (Lipinski definition) is 7. The Morgan fingerprint density at radius 2 is 1.87 bits per heavy atom. The summed E-state index contributed by atoms with van der Waals surface area (Å²) in [6, 6.07) is 9.55. The van der Waals surface area contributed by atoms with Gasteiger partial charge in [0.2, 0.25) is 5.91 Å². The molecule has 2 aliphatic heterocycles. The first-order chi connectivity index (χ1) is 14.4. The Morgan fingerprint density at radius 1 is 1.17 bits per heavy atom. The van der Waals surface area contributed by atoms with Crippen molar-refractivity contribution in [2.75, 3.05) is 26.2 Å². The number of nitrogens with zero attached hydrogens (tertiary/aromatic N) is 4. The van der Waals surface area contributed by atoms with E-state index in [9.17, 15) is 19.7 Å². The third-order valence-electron chi connectivity index (χ3n) is 4.87. The minimum Gasteiger partial charge on any atom is -0.457 e. The molecule has 1 aromatic carbocycles. The van der Waals surface area contributed by atoms with E-state index >= 15 is 0 Å². The maximum absolute atomic E-state index is 12.3. The monoisotopic (exact) mass is 426 g/mol. The second-order valence-corrected chi connectivity index (χ2v) is 7.82. The summed E-state index contributed by atoms with van der Waals surface area (Å²) < 4.78 is 5.78. The number of rotatable bonds is 3. The van der Waals surface area contributed by atoms with Crippen molar-refractivity contribution in [1.29, 1.82) is 0 Å². The zero-order valence-corrected chi connectivity index (χ0v) is 16.9. The van der Waals surface area contributed by atoms with E-state index in [2.05, 4.69) is 4.99 Å². The fourth-order valence-electron chi connectivity index (χ4n) is 3.21. The molecule has 30 heavy (non-hydrogen) atoms. The van der Waals surface area contributed by atoms with Gasteiger partial charge in [-0.3, -0.25) is 19.7 Å². The van der Waals surface area contributed by atoms with Crippen molar-refractivity contribution in [2.24, 2.45) is 4.99 Å². The van der Waals surface area contributed by atoms with E-state index < -0.39 is 4.92 Å². The van der Waals surface area contributed by atoms with Crippen LogP contribution in [0.5, 0.6) is 0 Å². The third-order valence-corrected chi connectivity index (χ3v) is 5.91. The molecule has 0 aliphatic carbocycles. The number of carbonyl (C=O) groups excluding carboxylic acids is 2. The minimum absolute atomic E-state index is 0.00872. The number of hydrogen-bond donors (Lipinski definition) is 0. The van der Waals surface area contributed by atoms with Crippen LogP contribution in [0.4, 0.5) is 5.69 Å². The molecular weight excluding hydrogens is 408 g/mol. The van der Waals surface area contributed by atoms with Gasteiger partial charge in [0.25, 0.3) is 11.6 Å². The largest absolute Gasteiger partial charge is 0.457 e. The van der Waals surface area contributed by atoms with Crippen LogP contribution in [-0.2, 0) is 9.59 Å². The van der Waals surface area contributed by atoms with E-state index in [1.165, 1.54) is 23.9 Å². The number of amides is 2. The maximum atomic E-state index is 12.3. The van der Waals surface area contributed by atoms with Gasteiger partial charge in [-0.15, -0.1) is 0 Å². The fraction of sp³-hybridized carbons (Fsp3) is 0.250. The zero-order valence-electron chi connectivity index (χ0n) is 16.1. The van der Waals surface area contributed by atoms with Crippen LogP contribution < -0.4 is 0 Å². The molecule has 10 heteroatoms. The number of carbonyl (C=O) groups is 2. The number of amidine groups is 1. The molecule has 0 N–H and O–H groups in total. The first-order valence-corrected chi connectivity index (χ1v) is 10.1. The number of nitro groups is 1. The summed E-state index contributed by atoms with van der Waals surface area (Å²) in [5.41, 5.74) is 0.713. The molecule has 154 valence electrons. The lowest BCUT2D eigenvalue weighted by atomic mass is 10.1. The number of aliphatic imine (C=N–C) groups is 1. The second kappa shape index (κ2) is 8.15. The highest BCUT2D eigenvalue weighted by Gasteiger charge is 2.29. The predicted molar refractivity (Wildman–Crippen MR) is 113 cm³/mol. The molecule has 0 spiro atoms. The molecule has 9 nitrogen and oxygen atoms in total. The van der Waals surface area contributed by atoms with Gasteiger partial charge in [-0.2, -0.15) is 4.99 Å². The average Bonchev–Trinajstić information content (AvgIpc) is 3.35. The van der Waals surface area contributed by atoms with Gasteiger partial charge in [0, 0.05) is 56.9 Å². The average molecular weight is 426 g/mol. The zero-order chi connectivity index (χ0) is 21.3. The van der Waals surface area contributed by atoms with Crippen molar-refractivity contribution in [1.82, 2.24) is 9.80 Å². The Balaban J connectivity index is 1.43. The first kappa shape index (κ1) is 19.9. The van der Waals surface area contributed by atoms with E-state index in [0.29, 0.717) is 53.3 Å². The van der Waals surface area contributed by atoms with Crippen LogP contribution in [0, 0.1) is 10.1 Å². The highest BCUT2D eigenvalue weighted by Crippen LogP contribution is 2.32. The summed E-state index contributed by atoms with van der Waals surface area (Å²) in [7, 11) is 0. The molecule has 0 unspecified atom stereocenters. The van der Waals surface area contributed by atoms with Gasteiger partial charge in [-0.05, 0) is 36.0 Å². The van der Waals surface area contributed by atoms with Crippen molar-refractivity contribution >= 4 is 40.5 Å². The summed E-state index contributed by atoms with van der Waals surface area (Å²) in [4.78, 5) is 42.5. The number of nitro benzene ring substituents is 1. The Hall–Kier alpha value is -3.40. The fourth-order valence-corrected chi connectivity index (χ4v) is 4.15. The van der Waals surface area contributed by atoms with Gasteiger partial charge in [-0.1, -0.05) is 0 Å². The molecule has 0 saturated carbocycles. The van der Waals surface area contributed by atoms with E-state index in [1.807, 2.05) is 4.90 Å². The molecule has 2 aliphatic rings. The van der Waals surface area contributed by atoms with Gasteiger partial charge in [0.1, 0.15) is 11.5 Å². The quantitative estimate of drug-likeness (QED) is 0.422. The first-order valence-electron chi connectivity index (χ1n) is 9.28. The van der Waals surface area contributed by atoms with Crippen molar-refractivity contribution in [3.63, 3.8) is 0 Å². The SMILES string of the molecule is CC(=O)N1CCN(C2=NC(=O)C(=Cc3ccc(-c4ccc([N+](=O)[O-])cc4)o3)S2)CC1. The summed E-state index contributed by atoms with van der Waals surface area (Å²) in [5.74, 6) is 0.775. The van der Waals surface area contributed by atoms with E-state index in [-0.39, 0.29) is 17.5 Å². The second-order valence-electron chi connectivity index (χ2n) is 6.81. The minimum atomic E-state index is -0.456. The smallest absolute Gasteiger partial charge is 0.286 e. The Morgan fingerprint density at radius 3 is 2.50 bits per heavy atom. The third kappa shape index (κ3) is 4.13. The standard InChI is InChI=1S/C20H18N4O5S/c1-13(25)22-8-10-23(11-9-22)20-21-19(26)18(30-20)12-16-6-7-17(29-16)14-2-4-15(5-3-14)24(27)28/h2-7,12H,8-11H2,1H3. The Kier molecular flexibility index (Phi) is 5.40. The van der Waals surface area contributed by atoms with Crippen LogP contribution in [0.15, 0.2) is 50.7 Å². The van der Waals surface area contributed by atoms with E-state index in [0.717, 1.165) is 0 Å². The summed E-state index contributed by atoms with van der Waals surface area (Å²) in [6.45, 7) is 4.04. The van der Waals surface area contributed by atoms with Gasteiger partial charge in [0.05, 0.1) is 9.83 Å². The number of piperazine rings is 1. The van der Waals surface area contributed by atoms with Crippen molar-refractivity contribution in [3.05, 3.63) is 57.2 Å². The lowest BCUT2D eigenvalue weighted by Crippen LogP contribution is -2.49. The molecule has 1 saturated heterocycles. The molecule has 0 atom stereocenters. The summed E-state index contributed by atoms with van der Waals surface area (Å²) in [5, 5.41) is 11.4. The highest BCUT2D eigenvalue weighted by molar-refractivity contribution is 8.18. The highest BCUT2D eigenvalue weighted by atomic mass is 32.2. The molecule has 0 bridgehead atoms. The molecule has 2 aromatic rings. The Labute approximate surface area is 176 Å². The van der Waals surface area contributed by atoms with Crippen LogP contribution >= 0.6 is 11.8 Å². The van der Waals surface area contributed by atoms with Crippen molar-refractivity contribution in [2.45, 2.75) is 6.92 Å². The van der Waals surface area contributed by atoms with Gasteiger partial charge >= 0.3 is 0 Å². The number of furan rings is 1. The number of non-ortho nitro benzene ring substituents is 1. The maximum Gasteiger partial charge on any atom is 0.286 e. The molecule has 3 heterocycles. The normalized spacial score (nSPS) is 18.1. The summed E-state index contributed by atoms with van der Waals surface area (Å²) in [6.07, 6.45) is 1.64. The van der Waals surface area contributed by atoms with E-state index in [1.54, 1.807) is 42.2 Å². The van der Waals surface area contributed by atoms with Crippen molar-refractivity contribution in [3.8, 4) is 11.3 Å². The molecule has 1 fully saturated rings. The van der Waals surface area contributed by atoms with Crippen LogP contribution in [-0.4, -0.2) is 57.9 Å². The topological polar surface area (TPSA) is 109 Å². The van der Waals surface area contributed by atoms with Crippen LogP contribution in [0.25, 0.3) is 17.4 Å². The molecule has 4 rings (SSSR count). The Bertz CT molecular complexity index is 1070. The predicted octanol–water partition coefficient (Wildman–Crippen LogP) is 2.99. The molecule has 1 aromatic heterocycles. The summed E-state index contributed by atoms with van der Waals surface area (Å²) >= 11 is 1.29.